The SMILES string of the molecule is Cc1ncoc1C(=O)NC1(C(=O)O)CCCC1. The van der Waals surface area contributed by atoms with Crippen LogP contribution in [0, 0.1) is 6.92 Å². The summed E-state index contributed by atoms with van der Waals surface area (Å²) in [6, 6.07) is 0. The van der Waals surface area contributed by atoms with E-state index < -0.39 is 17.4 Å². The lowest BCUT2D eigenvalue weighted by atomic mass is 9.97. The molecule has 1 heterocycles. The van der Waals surface area contributed by atoms with Gasteiger partial charge in [0.1, 0.15) is 5.54 Å². The average Bonchev–Trinajstić information content (AvgIpc) is 2.87. The van der Waals surface area contributed by atoms with Crippen LogP contribution in [0.15, 0.2) is 10.8 Å². The van der Waals surface area contributed by atoms with Crippen LogP contribution < -0.4 is 5.32 Å². The molecule has 6 nitrogen and oxygen atoms in total. The molecule has 1 amide bonds. The molecule has 0 aliphatic heterocycles. The Morgan fingerprint density at radius 1 is 1.47 bits per heavy atom. The molecule has 0 spiro atoms. The third kappa shape index (κ3) is 2.02. The molecule has 0 bridgehead atoms. The minimum atomic E-state index is -1.14. The molecule has 2 rings (SSSR count). The highest BCUT2D eigenvalue weighted by Gasteiger charge is 2.43. The Kier molecular flexibility index (Phi) is 2.87. The van der Waals surface area contributed by atoms with Gasteiger partial charge in [-0.25, -0.2) is 9.78 Å². The summed E-state index contributed by atoms with van der Waals surface area (Å²) in [5, 5.41) is 11.8. The van der Waals surface area contributed by atoms with Crippen LogP contribution in [0.4, 0.5) is 0 Å². The van der Waals surface area contributed by atoms with E-state index in [-0.39, 0.29) is 5.76 Å². The number of carbonyl (C=O) groups is 2. The van der Waals surface area contributed by atoms with Crippen LogP contribution in [0.2, 0.25) is 0 Å². The van der Waals surface area contributed by atoms with Crippen molar-refractivity contribution in [2.75, 3.05) is 0 Å². The molecule has 0 unspecified atom stereocenters. The average molecular weight is 238 g/mol. The maximum Gasteiger partial charge on any atom is 0.329 e. The third-order valence-electron chi connectivity index (χ3n) is 3.17. The fraction of sp³-hybridized carbons (Fsp3) is 0.545. The van der Waals surface area contributed by atoms with Gasteiger partial charge in [0.2, 0.25) is 5.76 Å². The van der Waals surface area contributed by atoms with Crippen LogP contribution in [-0.2, 0) is 4.79 Å². The summed E-state index contributed by atoms with van der Waals surface area (Å²) in [5.41, 5.74) is -0.683. The van der Waals surface area contributed by atoms with Crippen LogP contribution in [-0.4, -0.2) is 27.5 Å². The zero-order chi connectivity index (χ0) is 12.5. The number of aliphatic carboxylic acids is 1. The second kappa shape index (κ2) is 4.20. The highest BCUT2D eigenvalue weighted by Crippen LogP contribution is 2.30. The van der Waals surface area contributed by atoms with Crippen LogP contribution in [0.5, 0.6) is 0 Å². The molecule has 17 heavy (non-hydrogen) atoms. The molecule has 0 radical (unpaired) electrons. The Labute approximate surface area is 98.0 Å². The van der Waals surface area contributed by atoms with Crippen molar-refractivity contribution < 1.29 is 19.1 Å². The maximum atomic E-state index is 11.9. The van der Waals surface area contributed by atoms with Crippen molar-refractivity contribution in [1.82, 2.24) is 10.3 Å². The molecule has 1 aliphatic rings. The number of carboxylic acid groups (broad SMARTS) is 1. The highest BCUT2D eigenvalue weighted by molar-refractivity contribution is 5.96. The fourth-order valence-electron chi connectivity index (χ4n) is 2.16. The van der Waals surface area contributed by atoms with Crippen molar-refractivity contribution in [2.24, 2.45) is 0 Å². The molecule has 1 aromatic rings. The van der Waals surface area contributed by atoms with E-state index in [0.717, 1.165) is 12.8 Å². The van der Waals surface area contributed by atoms with Crippen molar-refractivity contribution in [3.8, 4) is 0 Å². The topological polar surface area (TPSA) is 92.4 Å². The number of rotatable bonds is 3. The summed E-state index contributed by atoms with van der Waals surface area (Å²) in [7, 11) is 0. The quantitative estimate of drug-likeness (QED) is 0.822. The van der Waals surface area contributed by atoms with Gasteiger partial charge in [0, 0.05) is 0 Å². The Balaban J connectivity index is 2.17. The highest BCUT2D eigenvalue weighted by atomic mass is 16.4. The monoisotopic (exact) mass is 238 g/mol. The normalized spacial score (nSPS) is 17.9. The molecular weight excluding hydrogens is 224 g/mol. The predicted octanol–water partition coefficient (Wildman–Crippen LogP) is 1.11. The molecule has 0 atom stereocenters. The standard InChI is InChI=1S/C11H14N2O4/c1-7-8(17-6-12-7)9(14)13-11(10(15)16)4-2-3-5-11/h6H,2-5H2,1H3,(H,13,14)(H,15,16). The van der Waals surface area contributed by atoms with Gasteiger partial charge in [-0.3, -0.25) is 4.79 Å². The molecule has 1 aromatic heterocycles. The number of carbonyl (C=O) groups excluding carboxylic acids is 1. The van der Waals surface area contributed by atoms with Gasteiger partial charge in [-0.15, -0.1) is 0 Å². The lowest BCUT2D eigenvalue weighted by molar-refractivity contribution is -0.144. The molecule has 1 fully saturated rings. The minimum absolute atomic E-state index is 0.0810. The Morgan fingerprint density at radius 3 is 2.59 bits per heavy atom. The number of hydrogen-bond acceptors (Lipinski definition) is 4. The number of carboxylic acids is 1. The number of hydrogen-bond donors (Lipinski definition) is 2. The van der Waals surface area contributed by atoms with Crippen LogP contribution >= 0.6 is 0 Å². The van der Waals surface area contributed by atoms with Crippen molar-refractivity contribution >= 4 is 11.9 Å². The van der Waals surface area contributed by atoms with E-state index in [1.807, 2.05) is 0 Å². The van der Waals surface area contributed by atoms with Gasteiger partial charge in [-0.2, -0.15) is 0 Å². The smallest absolute Gasteiger partial charge is 0.329 e. The zero-order valence-corrected chi connectivity index (χ0v) is 9.52. The lowest BCUT2D eigenvalue weighted by Crippen LogP contribution is -2.52. The van der Waals surface area contributed by atoms with Crippen molar-refractivity contribution in [2.45, 2.75) is 38.1 Å². The molecule has 92 valence electrons. The third-order valence-corrected chi connectivity index (χ3v) is 3.17. The first-order chi connectivity index (χ1) is 8.05. The lowest BCUT2D eigenvalue weighted by Gasteiger charge is -2.24. The van der Waals surface area contributed by atoms with Gasteiger partial charge < -0.3 is 14.8 Å². The van der Waals surface area contributed by atoms with Crippen molar-refractivity contribution in [3.05, 3.63) is 17.8 Å². The van der Waals surface area contributed by atoms with E-state index in [9.17, 15) is 14.7 Å². The van der Waals surface area contributed by atoms with E-state index in [2.05, 4.69) is 10.3 Å². The van der Waals surface area contributed by atoms with E-state index >= 15 is 0 Å². The van der Waals surface area contributed by atoms with Gasteiger partial charge in [0.25, 0.3) is 5.91 Å². The second-order valence-electron chi connectivity index (χ2n) is 4.32. The first-order valence-electron chi connectivity index (χ1n) is 5.51. The van der Waals surface area contributed by atoms with Crippen molar-refractivity contribution in [3.63, 3.8) is 0 Å². The largest absolute Gasteiger partial charge is 0.480 e. The molecule has 6 heteroatoms. The summed E-state index contributed by atoms with van der Waals surface area (Å²) in [4.78, 5) is 26.9. The Hall–Kier alpha value is -1.85. The van der Waals surface area contributed by atoms with E-state index in [1.165, 1.54) is 6.39 Å². The van der Waals surface area contributed by atoms with Gasteiger partial charge in [-0.05, 0) is 19.8 Å². The molecular formula is C11H14N2O4. The minimum Gasteiger partial charge on any atom is -0.480 e. The second-order valence-corrected chi connectivity index (χ2v) is 4.32. The number of oxazole rings is 1. The number of nitrogens with one attached hydrogen (secondary N) is 1. The molecule has 2 N–H and O–H groups in total. The van der Waals surface area contributed by atoms with Gasteiger partial charge in [0.15, 0.2) is 6.39 Å². The zero-order valence-electron chi connectivity index (χ0n) is 9.52. The van der Waals surface area contributed by atoms with E-state index in [4.69, 9.17) is 4.42 Å². The fourth-order valence-corrected chi connectivity index (χ4v) is 2.16. The van der Waals surface area contributed by atoms with Crippen molar-refractivity contribution in [1.29, 1.82) is 0 Å². The van der Waals surface area contributed by atoms with Gasteiger partial charge >= 0.3 is 5.97 Å². The molecule has 0 aromatic carbocycles. The molecule has 1 saturated carbocycles. The molecule has 0 saturated heterocycles. The first kappa shape index (κ1) is 11.6. The van der Waals surface area contributed by atoms with E-state index in [0.29, 0.717) is 18.5 Å². The van der Waals surface area contributed by atoms with Crippen LogP contribution in [0.3, 0.4) is 0 Å². The predicted molar refractivity (Wildman–Crippen MR) is 57.5 cm³/mol. The number of aromatic nitrogens is 1. The summed E-state index contributed by atoms with van der Waals surface area (Å²) in [6.07, 6.45) is 3.71. The van der Waals surface area contributed by atoms with Gasteiger partial charge in [0.05, 0.1) is 5.69 Å². The maximum absolute atomic E-state index is 11.9. The summed E-state index contributed by atoms with van der Waals surface area (Å²) in [5.74, 6) is -1.41. The Morgan fingerprint density at radius 2 is 2.12 bits per heavy atom. The van der Waals surface area contributed by atoms with Crippen LogP contribution in [0.1, 0.15) is 41.9 Å². The summed E-state index contributed by atoms with van der Waals surface area (Å²) in [6.45, 7) is 1.64. The van der Waals surface area contributed by atoms with E-state index in [1.54, 1.807) is 6.92 Å². The number of amides is 1. The van der Waals surface area contributed by atoms with Gasteiger partial charge in [-0.1, -0.05) is 12.8 Å². The summed E-state index contributed by atoms with van der Waals surface area (Å²) < 4.78 is 4.95. The van der Waals surface area contributed by atoms with Crippen LogP contribution in [0.25, 0.3) is 0 Å². The number of aryl methyl sites for hydroxylation is 1. The number of nitrogens with zero attached hydrogens (tertiary/aromatic N) is 1. The molecule has 1 aliphatic carbocycles. The Bertz CT molecular complexity index is 446. The summed E-state index contributed by atoms with van der Waals surface area (Å²) >= 11 is 0. The first-order valence-corrected chi connectivity index (χ1v) is 5.51.